The zero-order valence-electron chi connectivity index (χ0n) is 9.76. The summed E-state index contributed by atoms with van der Waals surface area (Å²) in [5, 5.41) is 5.02. The fourth-order valence-electron chi connectivity index (χ4n) is 1.66. The third-order valence-corrected chi connectivity index (χ3v) is 2.46. The molecule has 0 radical (unpaired) electrons. The van der Waals surface area contributed by atoms with Gasteiger partial charge in [-0.15, -0.1) is 0 Å². The van der Waals surface area contributed by atoms with Gasteiger partial charge in [-0.1, -0.05) is 43.0 Å². The Morgan fingerprint density at radius 2 is 1.94 bits per heavy atom. The Kier molecular flexibility index (Phi) is 3.38. The Hall–Kier alpha value is -2.62. The molecular formula is C14H13N3O. The molecule has 0 unspecified atom stereocenters. The molecule has 18 heavy (non-hydrogen) atoms. The molecule has 0 aromatic heterocycles. The molecule has 2 aromatic rings. The Morgan fingerprint density at radius 3 is 2.72 bits per heavy atom. The van der Waals surface area contributed by atoms with Crippen molar-refractivity contribution < 1.29 is 4.79 Å². The van der Waals surface area contributed by atoms with Gasteiger partial charge in [-0.25, -0.2) is 0 Å². The summed E-state index contributed by atoms with van der Waals surface area (Å²) in [6.45, 7) is 3.33. The molecule has 0 aliphatic heterocycles. The van der Waals surface area contributed by atoms with Gasteiger partial charge in [-0.3, -0.25) is 4.79 Å². The van der Waals surface area contributed by atoms with Gasteiger partial charge in [0.05, 0.1) is 0 Å². The Morgan fingerprint density at radius 1 is 1.22 bits per heavy atom. The molecule has 0 bridgehead atoms. The fourth-order valence-corrected chi connectivity index (χ4v) is 1.66. The van der Waals surface area contributed by atoms with Crippen LogP contribution in [0.1, 0.15) is 0 Å². The third-order valence-electron chi connectivity index (χ3n) is 2.46. The summed E-state index contributed by atoms with van der Waals surface area (Å²) in [6.07, 6.45) is 1.11. The summed E-state index contributed by atoms with van der Waals surface area (Å²) in [6, 6.07) is 13.7. The van der Waals surface area contributed by atoms with E-state index in [2.05, 4.69) is 16.9 Å². The number of benzene rings is 2. The van der Waals surface area contributed by atoms with Gasteiger partial charge in [-0.05, 0) is 17.5 Å². The molecule has 0 spiro atoms. The summed E-state index contributed by atoms with van der Waals surface area (Å²) in [7, 11) is 0. The second-order valence-electron chi connectivity index (χ2n) is 3.69. The highest BCUT2D eigenvalue weighted by Gasteiger charge is 2.01. The number of anilines is 1. The second-order valence-corrected chi connectivity index (χ2v) is 3.69. The van der Waals surface area contributed by atoms with Crippen molar-refractivity contribution in [2.45, 2.75) is 0 Å². The normalized spacial score (nSPS) is 11.2. The molecule has 3 N–H and O–H groups in total. The Balaban J connectivity index is 2.35. The van der Waals surface area contributed by atoms with Crippen molar-refractivity contribution in [2.75, 3.05) is 5.32 Å². The van der Waals surface area contributed by atoms with E-state index in [4.69, 9.17) is 5.73 Å². The van der Waals surface area contributed by atoms with Gasteiger partial charge in [-0.2, -0.15) is 4.99 Å². The van der Waals surface area contributed by atoms with Crippen molar-refractivity contribution in [1.29, 1.82) is 0 Å². The molecule has 0 heterocycles. The molecule has 0 fully saturated rings. The minimum Gasteiger partial charge on any atom is -0.369 e. The van der Waals surface area contributed by atoms with Crippen LogP contribution in [0.2, 0.25) is 0 Å². The lowest BCUT2D eigenvalue weighted by atomic mass is 10.1. The summed E-state index contributed by atoms with van der Waals surface area (Å²) in [5.41, 5.74) is 6.45. The molecular weight excluding hydrogens is 226 g/mol. The SMILES string of the molecule is C=CC(=O)/N=C(\N)Nc1cccc2ccccc12. The van der Waals surface area contributed by atoms with E-state index in [1.165, 1.54) is 0 Å². The van der Waals surface area contributed by atoms with Crippen molar-refractivity contribution in [1.82, 2.24) is 0 Å². The van der Waals surface area contributed by atoms with Crippen molar-refractivity contribution in [3.63, 3.8) is 0 Å². The lowest BCUT2D eigenvalue weighted by molar-refractivity contribution is -0.113. The van der Waals surface area contributed by atoms with Gasteiger partial charge in [0.2, 0.25) is 5.96 Å². The summed E-state index contributed by atoms with van der Waals surface area (Å²) >= 11 is 0. The number of guanidine groups is 1. The number of aliphatic imine (C=N–C) groups is 1. The van der Waals surface area contributed by atoms with Gasteiger partial charge in [0.25, 0.3) is 5.91 Å². The summed E-state index contributed by atoms with van der Waals surface area (Å²) in [5.74, 6) is -0.420. The van der Waals surface area contributed by atoms with E-state index in [1.54, 1.807) is 0 Å². The van der Waals surface area contributed by atoms with Crippen LogP contribution in [0.3, 0.4) is 0 Å². The highest BCUT2D eigenvalue weighted by Crippen LogP contribution is 2.22. The van der Waals surface area contributed by atoms with Gasteiger partial charge in [0, 0.05) is 11.1 Å². The first kappa shape index (κ1) is 11.9. The number of hydrogen-bond acceptors (Lipinski definition) is 1. The van der Waals surface area contributed by atoms with E-state index in [9.17, 15) is 4.79 Å². The second kappa shape index (κ2) is 5.14. The largest absolute Gasteiger partial charge is 0.369 e. The quantitative estimate of drug-likeness (QED) is 0.480. The molecule has 0 aliphatic carbocycles. The molecule has 2 rings (SSSR count). The molecule has 90 valence electrons. The molecule has 0 saturated carbocycles. The Labute approximate surface area is 105 Å². The van der Waals surface area contributed by atoms with Crippen LogP contribution in [0.25, 0.3) is 10.8 Å². The number of nitrogens with zero attached hydrogens (tertiary/aromatic N) is 1. The van der Waals surface area contributed by atoms with Crippen LogP contribution in [0, 0.1) is 0 Å². The fraction of sp³-hybridized carbons (Fsp3) is 0. The van der Waals surface area contributed by atoms with Crippen LogP contribution in [0.15, 0.2) is 60.1 Å². The van der Waals surface area contributed by atoms with Gasteiger partial charge >= 0.3 is 0 Å². The minimum absolute atomic E-state index is 0.0521. The van der Waals surface area contributed by atoms with Crippen LogP contribution in [-0.4, -0.2) is 11.9 Å². The summed E-state index contributed by atoms with van der Waals surface area (Å²) in [4.78, 5) is 14.7. The van der Waals surface area contributed by atoms with E-state index in [0.29, 0.717) is 0 Å². The van der Waals surface area contributed by atoms with Crippen molar-refractivity contribution in [2.24, 2.45) is 10.7 Å². The molecule has 0 saturated heterocycles. The predicted octanol–water partition coefficient (Wildman–Crippen LogP) is 2.28. The standard InChI is InChI=1S/C14H13N3O/c1-2-13(18)17-14(15)16-12-9-5-7-10-6-3-4-8-11(10)12/h2-9H,1H2,(H3,15,16,17,18). The molecule has 4 heteroatoms. The zero-order valence-corrected chi connectivity index (χ0v) is 9.76. The average molecular weight is 239 g/mol. The number of carbonyl (C=O) groups is 1. The Bertz CT molecular complexity index is 626. The van der Waals surface area contributed by atoms with Crippen LogP contribution in [0.4, 0.5) is 5.69 Å². The third kappa shape index (κ3) is 2.55. The maximum absolute atomic E-state index is 11.1. The van der Waals surface area contributed by atoms with Crippen molar-refractivity contribution in [3.8, 4) is 0 Å². The van der Waals surface area contributed by atoms with E-state index in [-0.39, 0.29) is 5.96 Å². The maximum atomic E-state index is 11.1. The number of nitrogens with two attached hydrogens (primary N) is 1. The minimum atomic E-state index is -0.472. The van der Waals surface area contributed by atoms with Crippen molar-refractivity contribution in [3.05, 3.63) is 55.1 Å². The highest BCUT2D eigenvalue weighted by molar-refractivity contribution is 6.07. The molecule has 4 nitrogen and oxygen atoms in total. The number of hydrogen-bond donors (Lipinski definition) is 2. The first-order valence-electron chi connectivity index (χ1n) is 5.46. The van der Waals surface area contributed by atoms with E-state index >= 15 is 0 Å². The first-order chi connectivity index (χ1) is 8.70. The topological polar surface area (TPSA) is 67.5 Å². The highest BCUT2D eigenvalue weighted by atomic mass is 16.1. The predicted molar refractivity (Wildman–Crippen MR) is 74.4 cm³/mol. The van der Waals surface area contributed by atoms with Gasteiger partial charge < -0.3 is 11.1 Å². The first-order valence-corrected chi connectivity index (χ1v) is 5.46. The summed E-state index contributed by atoms with van der Waals surface area (Å²) < 4.78 is 0. The molecule has 0 atom stereocenters. The molecule has 0 aliphatic rings. The van der Waals surface area contributed by atoms with Crippen LogP contribution in [0.5, 0.6) is 0 Å². The molecule has 1 amide bonds. The average Bonchev–Trinajstić information content (AvgIpc) is 2.39. The zero-order chi connectivity index (χ0) is 13.0. The van der Waals surface area contributed by atoms with E-state index in [0.717, 1.165) is 22.5 Å². The van der Waals surface area contributed by atoms with Gasteiger partial charge in [0.1, 0.15) is 0 Å². The van der Waals surface area contributed by atoms with Gasteiger partial charge in [0.15, 0.2) is 0 Å². The van der Waals surface area contributed by atoms with Crippen molar-refractivity contribution >= 4 is 28.3 Å². The van der Waals surface area contributed by atoms with E-state index in [1.807, 2.05) is 42.5 Å². The van der Waals surface area contributed by atoms with Crippen LogP contribution >= 0.6 is 0 Å². The number of rotatable bonds is 2. The smallest absolute Gasteiger partial charge is 0.272 e. The maximum Gasteiger partial charge on any atom is 0.272 e. The number of carbonyl (C=O) groups excluding carboxylic acids is 1. The van der Waals surface area contributed by atoms with Crippen LogP contribution in [-0.2, 0) is 4.79 Å². The lowest BCUT2D eigenvalue weighted by Crippen LogP contribution is -2.23. The van der Waals surface area contributed by atoms with Crippen LogP contribution < -0.4 is 11.1 Å². The lowest BCUT2D eigenvalue weighted by Gasteiger charge is -2.08. The number of nitrogens with one attached hydrogen (secondary N) is 1. The monoisotopic (exact) mass is 239 g/mol. The number of fused-ring (bicyclic) bond motifs is 1. The van der Waals surface area contributed by atoms with E-state index < -0.39 is 5.91 Å². The number of amides is 1. The molecule has 2 aromatic carbocycles.